The summed E-state index contributed by atoms with van der Waals surface area (Å²) in [5.74, 6) is 1.07. The van der Waals surface area contributed by atoms with E-state index in [0.29, 0.717) is 18.3 Å². The highest BCUT2D eigenvalue weighted by molar-refractivity contribution is 5.75. The van der Waals surface area contributed by atoms with E-state index < -0.39 is 0 Å². The highest BCUT2D eigenvalue weighted by atomic mass is 16.5. The Balaban J connectivity index is 1.62. The minimum Gasteiger partial charge on any atom is -0.378 e. The van der Waals surface area contributed by atoms with Crippen molar-refractivity contribution < 1.29 is 9.53 Å². The molecule has 1 fully saturated rings. The van der Waals surface area contributed by atoms with E-state index in [2.05, 4.69) is 29.2 Å². The predicted octanol–water partition coefficient (Wildman–Crippen LogP) is 1.24. The van der Waals surface area contributed by atoms with Crippen LogP contribution in [0.1, 0.15) is 33.1 Å². The summed E-state index contributed by atoms with van der Waals surface area (Å²) < 4.78 is 7.46. The first kappa shape index (κ1) is 15.0. The van der Waals surface area contributed by atoms with Crippen molar-refractivity contribution in [3.05, 3.63) is 12.7 Å². The standard InChI is InChI=1S/C14H24N4O2/c1-11(2)14-12(5-7-20-14)8-16-13(19)4-3-6-18-10-15-9-17-18/h9-12,14H,3-8H2,1-2H3,(H,16,19)/t12-,14-/m1/s1. The molecule has 1 amide bonds. The zero-order chi connectivity index (χ0) is 14.4. The fourth-order valence-electron chi connectivity index (χ4n) is 2.69. The van der Waals surface area contributed by atoms with E-state index in [1.165, 1.54) is 6.33 Å². The van der Waals surface area contributed by atoms with Crippen LogP contribution < -0.4 is 5.32 Å². The summed E-state index contributed by atoms with van der Waals surface area (Å²) >= 11 is 0. The van der Waals surface area contributed by atoms with Crippen LogP contribution in [-0.2, 0) is 16.1 Å². The van der Waals surface area contributed by atoms with Crippen molar-refractivity contribution >= 4 is 5.91 Å². The van der Waals surface area contributed by atoms with Crippen LogP contribution in [0.15, 0.2) is 12.7 Å². The van der Waals surface area contributed by atoms with Gasteiger partial charge in [-0.05, 0) is 18.8 Å². The Bertz CT molecular complexity index is 405. The Morgan fingerprint density at radius 1 is 1.55 bits per heavy atom. The van der Waals surface area contributed by atoms with Crippen LogP contribution in [0.5, 0.6) is 0 Å². The average molecular weight is 280 g/mol. The molecule has 20 heavy (non-hydrogen) atoms. The van der Waals surface area contributed by atoms with Crippen LogP contribution >= 0.6 is 0 Å². The van der Waals surface area contributed by atoms with E-state index in [9.17, 15) is 4.79 Å². The Kier molecular flexibility index (Phi) is 5.52. The van der Waals surface area contributed by atoms with E-state index >= 15 is 0 Å². The van der Waals surface area contributed by atoms with Crippen molar-refractivity contribution in [1.82, 2.24) is 20.1 Å². The molecule has 2 heterocycles. The van der Waals surface area contributed by atoms with Gasteiger partial charge in [-0.15, -0.1) is 0 Å². The normalized spacial score (nSPS) is 22.4. The van der Waals surface area contributed by atoms with Gasteiger partial charge in [0.25, 0.3) is 0 Å². The van der Waals surface area contributed by atoms with Crippen LogP contribution in [0.4, 0.5) is 0 Å². The first-order chi connectivity index (χ1) is 9.66. The van der Waals surface area contributed by atoms with E-state index in [1.807, 2.05) is 0 Å². The smallest absolute Gasteiger partial charge is 0.220 e. The molecular weight excluding hydrogens is 256 g/mol. The molecule has 112 valence electrons. The molecule has 2 atom stereocenters. The van der Waals surface area contributed by atoms with Crippen molar-refractivity contribution in [2.24, 2.45) is 11.8 Å². The zero-order valence-corrected chi connectivity index (χ0v) is 12.3. The van der Waals surface area contributed by atoms with E-state index in [-0.39, 0.29) is 12.0 Å². The van der Waals surface area contributed by atoms with Gasteiger partial charge in [-0.3, -0.25) is 9.48 Å². The number of carbonyl (C=O) groups excluding carboxylic acids is 1. The van der Waals surface area contributed by atoms with Gasteiger partial charge in [0.2, 0.25) is 5.91 Å². The lowest BCUT2D eigenvalue weighted by atomic mass is 9.93. The molecule has 0 bridgehead atoms. The Labute approximate surface area is 119 Å². The van der Waals surface area contributed by atoms with Crippen molar-refractivity contribution in [2.45, 2.75) is 45.8 Å². The second-order valence-corrected chi connectivity index (χ2v) is 5.69. The molecule has 0 aromatic carbocycles. The lowest BCUT2D eigenvalue weighted by Crippen LogP contribution is -2.34. The number of aryl methyl sites for hydroxylation is 1. The van der Waals surface area contributed by atoms with Gasteiger partial charge in [0.05, 0.1) is 6.10 Å². The molecule has 0 spiro atoms. The van der Waals surface area contributed by atoms with Gasteiger partial charge in [0, 0.05) is 32.0 Å². The third-order valence-corrected chi connectivity index (χ3v) is 3.74. The summed E-state index contributed by atoms with van der Waals surface area (Å²) in [4.78, 5) is 15.7. The quantitative estimate of drug-likeness (QED) is 0.816. The number of nitrogens with one attached hydrogen (secondary N) is 1. The van der Waals surface area contributed by atoms with Crippen molar-refractivity contribution in [2.75, 3.05) is 13.2 Å². The van der Waals surface area contributed by atoms with Gasteiger partial charge in [-0.1, -0.05) is 13.8 Å². The number of rotatable bonds is 7. The van der Waals surface area contributed by atoms with Crippen LogP contribution in [0.2, 0.25) is 0 Å². The minimum atomic E-state index is 0.111. The maximum Gasteiger partial charge on any atom is 0.220 e. The molecule has 0 aliphatic carbocycles. The number of nitrogens with zero attached hydrogens (tertiary/aromatic N) is 3. The summed E-state index contributed by atoms with van der Waals surface area (Å²) in [5.41, 5.74) is 0. The van der Waals surface area contributed by atoms with Gasteiger partial charge in [-0.25, -0.2) is 4.98 Å². The number of carbonyl (C=O) groups is 1. The van der Waals surface area contributed by atoms with Crippen LogP contribution in [-0.4, -0.2) is 39.9 Å². The predicted molar refractivity (Wildman–Crippen MR) is 75.0 cm³/mol. The number of amides is 1. The number of aromatic nitrogens is 3. The molecule has 1 saturated heterocycles. The maximum absolute atomic E-state index is 11.8. The van der Waals surface area contributed by atoms with Crippen LogP contribution in [0, 0.1) is 11.8 Å². The Hall–Kier alpha value is -1.43. The topological polar surface area (TPSA) is 69.0 Å². The SMILES string of the molecule is CC(C)[C@H]1OCC[C@@H]1CNC(=O)CCCn1cncn1. The molecule has 1 aromatic rings. The molecule has 1 aliphatic rings. The van der Waals surface area contributed by atoms with Gasteiger partial charge < -0.3 is 10.1 Å². The van der Waals surface area contributed by atoms with Gasteiger partial charge >= 0.3 is 0 Å². The number of hydrogen-bond donors (Lipinski definition) is 1. The van der Waals surface area contributed by atoms with Crippen molar-refractivity contribution in [3.63, 3.8) is 0 Å². The van der Waals surface area contributed by atoms with Crippen molar-refractivity contribution in [3.8, 4) is 0 Å². The molecule has 2 rings (SSSR count). The Morgan fingerprint density at radius 3 is 3.10 bits per heavy atom. The largest absolute Gasteiger partial charge is 0.378 e. The Morgan fingerprint density at radius 2 is 2.40 bits per heavy atom. The lowest BCUT2D eigenvalue weighted by molar-refractivity contribution is -0.121. The summed E-state index contributed by atoms with van der Waals surface area (Å²) in [6.07, 6.45) is 5.81. The number of hydrogen-bond acceptors (Lipinski definition) is 4. The molecule has 6 heteroatoms. The fraction of sp³-hybridized carbons (Fsp3) is 0.786. The van der Waals surface area contributed by atoms with E-state index in [4.69, 9.17) is 4.74 Å². The first-order valence-electron chi connectivity index (χ1n) is 7.37. The van der Waals surface area contributed by atoms with Gasteiger partial charge in [0.1, 0.15) is 12.7 Å². The van der Waals surface area contributed by atoms with Gasteiger partial charge in [-0.2, -0.15) is 5.10 Å². The monoisotopic (exact) mass is 280 g/mol. The molecular formula is C14H24N4O2. The molecule has 6 nitrogen and oxygen atoms in total. The second-order valence-electron chi connectivity index (χ2n) is 5.69. The van der Waals surface area contributed by atoms with E-state index in [0.717, 1.165) is 32.5 Å². The molecule has 0 radical (unpaired) electrons. The van der Waals surface area contributed by atoms with E-state index in [1.54, 1.807) is 11.0 Å². The summed E-state index contributed by atoms with van der Waals surface area (Å²) in [6.45, 7) is 6.61. The molecule has 1 aromatic heterocycles. The third kappa shape index (κ3) is 4.30. The van der Waals surface area contributed by atoms with Crippen molar-refractivity contribution in [1.29, 1.82) is 0 Å². The second kappa shape index (κ2) is 7.38. The molecule has 0 unspecified atom stereocenters. The van der Waals surface area contributed by atoms with Crippen LogP contribution in [0.25, 0.3) is 0 Å². The maximum atomic E-state index is 11.8. The summed E-state index contributed by atoms with van der Waals surface area (Å²) in [5, 5.41) is 7.03. The minimum absolute atomic E-state index is 0.111. The molecule has 1 aliphatic heterocycles. The lowest BCUT2D eigenvalue weighted by Gasteiger charge is -2.22. The average Bonchev–Trinajstić information content (AvgIpc) is 3.07. The first-order valence-corrected chi connectivity index (χ1v) is 7.37. The number of ether oxygens (including phenoxy) is 1. The van der Waals surface area contributed by atoms with Crippen LogP contribution in [0.3, 0.4) is 0 Å². The van der Waals surface area contributed by atoms with Gasteiger partial charge in [0.15, 0.2) is 0 Å². The highest BCUT2D eigenvalue weighted by Gasteiger charge is 2.30. The summed E-state index contributed by atoms with van der Waals surface area (Å²) in [6, 6.07) is 0. The molecule has 0 saturated carbocycles. The molecule has 1 N–H and O–H groups in total. The third-order valence-electron chi connectivity index (χ3n) is 3.74. The highest BCUT2D eigenvalue weighted by Crippen LogP contribution is 2.26. The zero-order valence-electron chi connectivity index (χ0n) is 12.3. The fourth-order valence-corrected chi connectivity index (χ4v) is 2.69. The summed E-state index contributed by atoms with van der Waals surface area (Å²) in [7, 11) is 0.